The number of aliphatic hydroxyl groups excluding tert-OH is 1. The molecular formula is C24H20N2O4. The minimum Gasteiger partial charge on any atom is -0.507 e. The lowest BCUT2D eigenvalue weighted by Gasteiger charge is -2.25. The maximum atomic E-state index is 13.0. The predicted molar refractivity (Wildman–Crippen MR) is 112 cm³/mol. The molecule has 1 fully saturated rings. The number of ketones is 1. The minimum atomic E-state index is -0.723. The first-order valence-corrected chi connectivity index (χ1v) is 9.48. The lowest BCUT2D eigenvalue weighted by molar-refractivity contribution is -0.140. The molecule has 2 aromatic carbocycles. The second kappa shape index (κ2) is 8.21. The quantitative estimate of drug-likeness (QED) is 0.401. The van der Waals surface area contributed by atoms with Gasteiger partial charge >= 0.3 is 0 Å². The Hall–Kier alpha value is -3.93. The van der Waals surface area contributed by atoms with Crippen LogP contribution in [0.15, 0.2) is 84.6 Å². The summed E-state index contributed by atoms with van der Waals surface area (Å²) in [6.45, 7) is 0.153. The number of ether oxygens (including phenoxy) is 1. The number of carbonyl (C=O) groups excluding carboxylic acids is 2. The maximum Gasteiger partial charge on any atom is 0.296 e. The van der Waals surface area contributed by atoms with Crippen molar-refractivity contribution in [2.45, 2.75) is 12.6 Å². The first-order valence-electron chi connectivity index (χ1n) is 9.48. The van der Waals surface area contributed by atoms with Crippen LogP contribution in [0.2, 0.25) is 0 Å². The summed E-state index contributed by atoms with van der Waals surface area (Å²) in [5.41, 5.74) is 1.85. The molecule has 6 heteroatoms. The molecule has 0 bridgehead atoms. The zero-order valence-electron chi connectivity index (χ0n) is 16.4. The SMILES string of the molecule is COc1cccc(/C(O)=C2/C(=O)C(=O)N(Cc3ccccn3)C2c2ccccc2)c1. The highest BCUT2D eigenvalue weighted by atomic mass is 16.5. The standard InChI is InChI=1S/C24H20N2O4/c1-30-19-12-7-10-17(14-19)22(27)20-21(16-8-3-2-4-9-16)26(24(29)23(20)28)15-18-11-5-6-13-25-18/h2-14,21,27H,15H2,1H3/b22-20-. The van der Waals surface area contributed by atoms with Crippen molar-refractivity contribution < 1.29 is 19.4 Å². The first-order chi connectivity index (χ1) is 14.6. The summed E-state index contributed by atoms with van der Waals surface area (Å²) >= 11 is 0. The summed E-state index contributed by atoms with van der Waals surface area (Å²) in [6, 6.07) is 20.6. The lowest BCUT2D eigenvalue weighted by atomic mass is 9.95. The predicted octanol–water partition coefficient (Wildman–Crippen LogP) is 3.71. The second-order valence-electron chi connectivity index (χ2n) is 6.89. The number of pyridine rings is 1. The van der Waals surface area contributed by atoms with Crippen LogP contribution in [0.5, 0.6) is 5.75 Å². The molecule has 0 saturated carbocycles. The van der Waals surface area contributed by atoms with E-state index in [4.69, 9.17) is 4.74 Å². The van der Waals surface area contributed by atoms with E-state index in [0.29, 0.717) is 17.0 Å². The van der Waals surface area contributed by atoms with Crippen LogP contribution in [0.1, 0.15) is 22.9 Å². The summed E-state index contributed by atoms with van der Waals surface area (Å²) in [5, 5.41) is 11.1. The van der Waals surface area contributed by atoms with Gasteiger partial charge in [0.2, 0.25) is 0 Å². The van der Waals surface area contributed by atoms with Crippen LogP contribution in [-0.4, -0.2) is 33.8 Å². The van der Waals surface area contributed by atoms with Crippen molar-refractivity contribution in [1.82, 2.24) is 9.88 Å². The monoisotopic (exact) mass is 400 g/mol. The van der Waals surface area contributed by atoms with Crippen LogP contribution in [0, 0.1) is 0 Å². The highest BCUT2D eigenvalue weighted by Crippen LogP contribution is 2.40. The zero-order valence-corrected chi connectivity index (χ0v) is 16.4. The third kappa shape index (κ3) is 3.55. The smallest absolute Gasteiger partial charge is 0.296 e. The topological polar surface area (TPSA) is 79.7 Å². The van der Waals surface area contributed by atoms with Crippen LogP contribution in [0.25, 0.3) is 5.76 Å². The Morgan fingerprint density at radius 2 is 1.80 bits per heavy atom. The summed E-state index contributed by atoms with van der Waals surface area (Å²) in [7, 11) is 1.52. The molecule has 1 amide bonds. The van der Waals surface area contributed by atoms with Gasteiger partial charge in [0.05, 0.1) is 31.0 Å². The maximum absolute atomic E-state index is 13.0. The largest absolute Gasteiger partial charge is 0.507 e. The number of aliphatic hydroxyl groups is 1. The zero-order chi connectivity index (χ0) is 21.1. The second-order valence-corrected chi connectivity index (χ2v) is 6.89. The molecule has 6 nitrogen and oxygen atoms in total. The number of nitrogens with zero attached hydrogens (tertiary/aromatic N) is 2. The number of Topliss-reactive ketones (excluding diaryl/α,β-unsaturated/α-hetero) is 1. The molecule has 1 aliphatic rings. The average molecular weight is 400 g/mol. The molecular weight excluding hydrogens is 380 g/mol. The molecule has 2 heterocycles. The van der Waals surface area contributed by atoms with E-state index in [1.165, 1.54) is 12.0 Å². The van der Waals surface area contributed by atoms with E-state index >= 15 is 0 Å². The number of methoxy groups -OCH3 is 1. The summed E-state index contributed by atoms with van der Waals surface area (Å²) in [4.78, 5) is 31.7. The average Bonchev–Trinajstić information content (AvgIpc) is 3.05. The van der Waals surface area contributed by atoms with Crippen molar-refractivity contribution >= 4 is 17.4 Å². The van der Waals surface area contributed by atoms with Gasteiger partial charge in [-0.25, -0.2) is 0 Å². The van der Waals surface area contributed by atoms with Crippen LogP contribution in [0.4, 0.5) is 0 Å². The van der Waals surface area contributed by atoms with Gasteiger partial charge in [-0.1, -0.05) is 48.5 Å². The van der Waals surface area contributed by atoms with Gasteiger partial charge in [0, 0.05) is 11.8 Å². The van der Waals surface area contributed by atoms with Crippen LogP contribution in [0.3, 0.4) is 0 Å². The highest BCUT2D eigenvalue weighted by Gasteiger charge is 2.46. The molecule has 1 aromatic heterocycles. The van der Waals surface area contributed by atoms with E-state index < -0.39 is 17.7 Å². The molecule has 30 heavy (non-hydrogen) atoms. The number of carbonyl (C=O) groups is 2. The number of hydrogen-bond acceptors (Lipinski definition) is 5. The van der Waals surface area contributed by atoms with Gasteiger partial charge in [0.15, 0.2) is 0 Å². The third-order valence-electron chi connectivity index (χ3n) is 5.06. The summed E-state index contributed by atoms with van der Waals surface area (Å²) in [6.07, 6.45) is 1.64. The Morgan fingerprint density at radius 3 is 2.50 bits per heavy atom. The van der Waals surface area contributed by atoms with E-state index in [-0.39, 0.29) is 17.9 Å². The molecule has 0 radical (unpaired) electrons. The highest BCUT2D eigenvalue weighted by molar-refractivity contribution is 6.46. The Bertz CT molecular complexity index is 1110. The fourth-order valence-electron chi connectivity index (χ4n) is 3.62. The van der Waals surface area contributed by atoms with E-state index in [1.54, 1.807) is 42.6 Å². The van der Waals surface area contributed by atoms with Crippen LogP contribution in [-0.2, 0) is 16.1 Å². The number of hydrogen-bond donors (Lipinski definition) is 1. The lowest BCUT2D eigenvalue weighted by Crippen LogP contribution is -2.29. The molecule has 150 valence electrons. The van der Waals surface area contributed by atoms with E-state index in [1.807, 2.05) is 36.4 Å². The van der Waals surface area contributed by atoms with Crippen molar-refractivity contribution in [2.24, 2.45) is 0 Å². The van der Waals surface area contributed by atoms with Crippen molar-refractivity contribution in [1.29, 1.82) is 0 Å². The third-order valence-corrected chi connectivity index (χ3v) is 5.06. The molecule has 1 aliphatic heterocycles. The van der Waals surface area contributed by atoms with Gasteiger partial charge in [0.25, 0.3) is 11.7 Å². The molecule has 3 aromatic rings. The fourth-order valence-corrected chi connectivity index (χ4v) is 3.62. The van der Waals surface area contributed by atoms with Crippen molar-refractivity contribution in [3.63, 3.8) is 0 Å². The number of aromatic nitrogens is 1. The van der Waals surface area contributed by atoms with E-state index in [2.05, 4.69) is 4.98 Å². The van der Waals surface area contributed by atoms with Gasteiger partial charge in [0.1, 0.15) is 11.5 Å². The first kappa shape index (κ1) is 19.4. The van der Waals surface area contributed by atoms with Crippen molar-refractivity contribution in [2.75, 3.05) is 7.11 Å². The van der Waals surface area contributed by atoms with E-state index in [0.717, 1.165) is 5.56 Å². The number of amides is 1. The Labute approximate surface area is 174 Å². The molecule has 0 spiro atoms. The number of rotatable bonds is 5. The van der Waals surface area contributed by atoms with Gasteiger partial charge in [-0.05, 0) is 29.8 Å². The molecule has 1 N–H and O–H groups in total. The summed E-state index contributed by atoms with van der Waals surface area (Å²) < 4.78 is 5.22. The fraction of sp³-hybridized carbons (Fsp3) is 0.125. The van der Waals surface area contributed by atoms with Crippen molar-refractivity contribution in [3.05, 3.63) is 101 Å². The van der Waals surface area contributed by atoms with Crippen molar-refractivity contribution in [3.8, 4) is 5.75 Å². The number of likely N-dealkylation sites (tertiary alicyclic amines) is 1. The molecule has 4 rings (SSSR count). The molecule has 0 aliphatic carbocycles. The van der Waals surface area contributed by atoms with Gasteiger partial charge < -0.3 is 14.7 Å². The Morgan fingerprint density at radius 1 is 1.03 bits per heavy atom. The van der Waals surface area contributed by atoms with Crippen LogP contribution < -0.4 is 4.74 Å². The molecule has 1 unspecified atom stereocenters. The van der Waals surface area contributed by atoms with Gasteiger partial charge in [-0.15, -0.1) is 0 Å². The summed E-state index contributed by atoms with van der Waals surface area (Å²) in [5.74, 6) is -1.08. The molecule has 1 saturated heterocycles. The van der Waals surface area contributed by atoms with Gasteiger partial charge in [-0.3, -0.25) is 14.6 Å². The number of benzene rings is 2. The minimum absolute atomic E-state index is 0.0513. The molecule has 1 atom stereocenters. The van der Waals surface area contributed by atoms with E-state index in [9.17, 15) is 14.7 Å². The van der Waals surface area contributed by atoms with Gasteiger partial charge in [-0.2, -0.15) is 0 Å². The Kier molecular flexibility index (Phi) is 5.30. The van der Waals surface area contributed by atoms with Crippen LogP contribution >= 0.6 is 0 Å². The Balaban J connectivity index is 1.85. The normalized spacial score (nSPS) is 17.9.